The van der Waals surface area contributed by atoms with E-state index in [9.17, 15) is 8.42 Å². The summed E-state index contributed by atoms with van der Waals surface area (Å²) in [7, 11) is -1.27. The van der Waals surface area contributed by atoms with Crippen molar-refractivity contribution in [2.75, 3.05) is 20.1 Å². The van der Waals surface area contributed by atoms with Crippen molar-refractivity contribution in [2.45, 2.75) is 37.7 Å². The molecule has 1 saturated heterocycles. The second-order valence-electron chi connectivity index (χ2n) is 5.71. The Balaban J connectivity index is 1.88. The lowest BCUT2D eigenvalue weighted by Crippen LogP contribution is -2.44. The molecule has 0 bridgehead atoms. The fraction of sp³-hybridized carbons (Fsp3) is 0.600. The van der Waals surface area contributed by atoms with Gasteiger partial charge in [-0.05, 0) is 37.6 Å². The van der Waals surface area contributed by atoms with Gasteiger partial charge in [-0.1, -0.05) is 30.7 Å². The predicted molar refractivity (Wildman–Crippen MR) is 83.3 cm³/mol. The van der Waals surface area contributed by atoms with E-state index in [-0.39, 0.29) is 12.4 Å². The van der Waals surface area contributed by atoms with E-state index in [4.69, 9.17) is 5.11 Å². The van der Waals surface area contributed by atoms with E-state index < -0.39 is 10.0 Å². The number of aliphatic hydroxyl groups excluding tert-OH is 1. The number of nitrogens with one attached hydrogen (secondary N) is 1. The number of piperidine rings is 1. The van der Waals surface area contributed by atoms with E-state index in [1.54, 1.807) is 24.3 Å². The minimum atomic E-state index is -3.32. The maximum absolute atomic E-state index is 12.1. The molecule has 1 aliphatic heterocycles. The molecular weight excluding hydrogens is 288 g/mol. The highest BCUT2D eigenvalue weighted by atomic mass is 32.2. The minimum absolute atomic E-state index is 0.0187. The first-order chi connectivity index (χ1) is 10.00. The van der Waals surface area contributed by atoms with Gasteiger partial charge in [0.05, 0.1) is 12.4 Å². The molecule has 118 valence electrons. The molecule has 0 saturated carbocycles. The summed E-state index contributed by atoms with van der Waals surface area (Å²) in [5.74, 6) is -0.0187. The maximum Gasteiger partial charge on any atom is 0.215 e. The summed E-state index contributed by atoms with van der Waals surface area (Å²) in [6.07, 6.45) is 3.40. The monoisotopic (exact) mass is 312 g/mol. The molecule has 1 aromatic carbocycles. The second kappa shape index (κ2) is 7.35. The summed E-state index contributed by atoms with van der Waals surface area (Å²) in [4.78, 5) is 2.22. The highest BCUT2D eigenvalue weighted by Crippen LogP contribution is 2.15. The van der Waals surface area contributed by atoms with Gasteiger partial charge in [-0.3, -0.25) is 0 Å². The largest absolute Gasteiger partial charge is 0.392 e. The number of hydrogen-bond acceptors (Lipinski definition) is 4. The molecule has 1 atom stereocenters. The molecule has 1 aliphatic rings. The maximum atomic E-state index is 12.1. The Morgan fingerprint density at radius 2 is 1.90 bits per heavy atom. The Kier molecular flexibility index (Phi) is 5.75. The lowest BCUT2D eigenvalue weighted by atomic mass is 10.0. The Labute approximate surface area is 127 Å². The standard InChI is InChI=1S/C15H24N2O3S/c1-17-9-3-2-4-15(17)10-16-21(19,20)12-14-7-5-13(11-18)6-8-14/h5-8,15-16,18H,2-4,9-12H2,1H3. The van der Waals surface area contributed by atoms with E-state index >= 15 is 0 Å². The zero-order chi connectivity index (χ0) is 15.3. The van der Waals surface area contributed by atoms with Crippen molar-refractivity contribution in [3.63, 3.8) is 0 Å². The predicted octanol–water partition coefficient (Wildman–Crippen LogP) is 1.08. The fourth-order valence-electron chi connectivity index (χ4n) is 2.64. The average Bonchev–Trinajstić information content (AvgIpc) is 2.47. The first kappa shape index (κ1) is 16.4. The van der Waals surface area contributed by atoms with Crippen LogP contribution in [0.15, 0.2) is 24.3 Å². The Morgan fingerprint density at radius 1 is 1.24 bits per heavy atom. The minimum Gasteiger partial charge on any atom is -0.392 e. The van der Waals surface area contributed by atoms with Gasteiger partial charge in [-0.2, -0.15) is 0 Å². The van der Waals surface area contributed by atoms with Crippen LogP contribution in [0.3, 0.4) is 0 Å². The van der Waals surface area contributed by atoms with Gasteiger partial charge in [0.2, 0.25) is 10.0 Å². The number of likely N-dealkylation sites (N-methyl/N-ethyl adjacent to an activating group) is 1. The molecule has 2 N–H and O–H groups in total. The molecular formula is C15H24N2O3S. The van der Waals surface area contributed by atoms with E-state index in [1.807, 2.05) is 7.05 Å². The first-order valence-electron chi connectivity index (χ1n) is 7.36. The molecule has 1 fully saturated rings. The zero-order valence-corrected chi connectivity index (χ0v) is 13.3. The number of rotatable bonds is 6. The molecule has 0 spiro atoms. The second-order valence-corrected chi connectivity index (χ2v) is 7.52. The summed E-state index contributed by atoms with van der Waals surface area (Å²) < 4.78 is 27.0. The average molecular weight is 312 g/mol. The number of aliphatic hydroxyl groups is 1. The summed E-state index contributed by atoms with van der Waals surface area (Å²) in [6, 6.07) is 7.29. The van der Waals surface area contributed by atoms with Gasteiger partial charge in [0.1, 0.15) is 0 Å². The van der Waals surface area contributed by atoms with E-state index in [0.717, 1.165) is 24.1 Å². The number of sulfonamides is 1. The van der Waals surface area contributed by atoms with Crippen LogP contribution in [0, 0.1) is 0 Å². The summed E-state index contributed by atoms with van der Waals surface area (Å²) in [5, 5.41) is 8.98. The lowest BCUT2D eigenvalue weighted by molar-refractivity contribution is 0.187. The quantitative estimate of drug-likeness (QED) is 0.825. The molecule has 5 nitrogen and oxygen atoms in total. The highest BCUT2D eigenvalue weighted by Gasteiger charge is 2.21. The Bertz CT molecular complexity index is 543. The summed E-state index contributed by atoms with van der Waals surface area (Å²) in [6.45, 7) is 1.49. The van der Waals surface area contributed by atoms with Crippen molar-refractivity contribution in [2.24, 2.45) is 0 Å². The molecule has 0 amide bonds. The molecule has 2 rings (SSSR count). The van der Waals surface area contributed by atoms with Crippen molar-refractivity contribution in [3.05, 3.63) is 35.4 Å². The van der Waals surface area contributed by atoms with Crippen molar-refractivity contribution in [1.82, 2.24) is 9.62 Å². The molecule has 6 heteroatoms. The number of nitrogens with zero attached hydrogens (tertiary/aromatic N) is 1. The van der Waals surface area contributed by atoms with Gasteiger partial charge in [-0.15, -0.1) is 0 Å². The van der Waals surface area contributed by atoms with Gasteiger partial charge >= 0.3 is 0 Å². The molecule has 1 unspecified atom stereocenters. The van der Waals surface area contributed by atoms with Gasteiger partial charge < -0.3 is 10.0 Å². The van der Waals surface area contributed by atoms with Crippen molar-refractivity contribution < 1.29 is 13.5 Å². The summed E-state index contributed by atoms with van der Waals surface area (Å²) in [5.41, 5.74) is 1.52. The number of benzene rings is 1. The Morgan fingerprint density at radius 3 is 2.52 bits per heavy atom. The molecule has 21 heavy (non-hydrogen) atoms. The van der Waals surface area contributed by atoms with Crippen molar-refractivity contribution in [1.29, 1.82) is 0 Å². The van der Waals surface area contributed by atoms with Crippen LogP contribution in [0.2, 0.25) is 0 Å². The Hall–Kier alpha value is -0.950. The third kappa shape index (κ3) is 5.07. The van der Waals surface area contributed by atoms with Gasteiger partial charge in [-0.25, -0.2) is 13.1 Å². The van der Waals surface area contributed by atoms with Crippen LogP contribution < -0.4 is 4.72 Å². The smallest absolute Gasteiger partial charge is 0.215 e. The van der Waals surface area contributed by atoms with Crippen molar-refractivity contribution >= 4 is 10.0 Å². The van der Waals surface area contributed by atoms with Crippen LogP contribution in [0.5, 0.6) is 0 Å². The lowest BCUT2D eigenvalue weighted by Gasteiger charge is -2.32. The van der Waals surface area contributed by atoms with Crippen LogP contribution in [-0.2, 0) is 22.4 Å². The first-order valence-corrected chi connectivity index (χ1v) is 9.01. The van der Waals surface area contributed by atoms with E-state index in [0.29, 0.717) is 12.6 Å². The van der Waals surface area contributed by atoms with E-state index in [1.165, 1.54) is 12.8 Å². The van der Waals surface area contributed by atoms with Crippen LogP contribution in [0.4, 0.5) is 0 Å². The highest BCUT2D eigenvalue weighted by molar-refractivity contribution is 7.88. The topological polar surface area (TPSA) is 69.6 Å². The van der Waals surface area contributed by atoms with Gasteiger partial charge in [0.15, 0.2) is 0 Å². The number of likely N-dealkylation sites (tertiary alicyclic amines) is 1. The van der Waals surface area contributed by atoms with Gasteiger partial charge in [0.25, 0.3) is 0 Å². The molecule has 0 aliphatic carbocycles. The fourth-order valence-corrected chi connectivity index (χ4v) is 3.82. The third-order valence-corrected chi connectivity index (χ3v) is 5.34. The van der Waals surface area contributed by atoms with Crippen LogP contribution in [-0.4, -0.2) is 44.6 Å². The molecule has 0 aromatic heterocycles. The van der Waals surface area contributed by atoms with Crippen LogP contribution in [0.1, 0.15) is 30.4 Å². The van der Waals surface area contributed by atoms with Crippen molar-refractivity contribution in [3.8, 4) is 0 Å². The SMILES string of the molecule is CN1CCCCC1CNS(=O)(=O)Cc1ccc(CO)cc1. The van der Waals surface area contributed by atoms with Gasteiger partial charge in [0, 0.05) is 12.6 Å². The third-order valence-electron chi connectivity index (χ3n) is 4.02. The van der Waals surface area contributed by atoms with Crippen LogP contribution in [0.25, 0.3) is 0 Å². The normalized spacial score (nSPS) is 20.6. The molecule has 1 aromatic rings. The zero-order valence-electron chi connectivity index (χ0n) is 12.5. The molecule has 0 radical (unpaired) electrons. The molecule has 1 heterocycles. The van der Waals surface area contributed by atoms with E-state index in [2.05, 4.69) is 9.62 Å². The number of hydrogen-bond donors (Lipinski definition) is 2. The van der Waals surface area contributed by atoms with Crippen LogP contribution >= 0.6 is 0 Å². The summed E-state index contributed by atoms with van der Waals surface area (Å²) >= 11 is 0.